The molecule has 0 heterocycles. The molecule has 0 aliphatic heterocycles. The lowest BCUT2D eigenvalue weighted by Crippen LogP contribution is -2.36. The summed E-state index contributed by atoms with van der Waals surface area (Å²) in [5.41, 5.74) is 0. The van der Waals surface area contributed by atoms with E-state index in [0.29, 0.717) is 0 Å². The van der Waals surface area contributed by atoms with Crippen LogP contribution in [0.5, 0.6) is 0 Å². The van der Waals surface area contributed by atoms with Crippen molar-refractivity contribution in [1.82, 2.24) is 0 Å². The normalized spacial score (nSPS) is 24.5. The largest absolute Gasteiger partial charge is 0.392 e. The van der Waals surface area contributed by atoms with Crippen LogP contribution in [0.3, 0.4) is 0 Å². The molecule has 0 radical (unpaired) electrons. The molecule has 0 spiro atoms. The van der Waals surface area contributed by atoms with Gasteiger partial charge in [0.1, 0.15) is 0 Å². The summed E-state index contributed by atoms with van der Waals surface area (Å²) in [7, 11) is -3.11. The molecule has 1 fully saturated rings. The van der Waals surface area contributed by atoms with Crippen molar-refractivity contribution in [2.45, 2.75) is 56.8 Å². The van der Waals surface area contributed by atoms with Gasteiger partial charge in [0.25, 0.3) is 0 Å². The molecule has 2 unspecified atom stereocenters. The molecular weight excluding hydrogens is 212 g/mol. The van der Waals surface area contributed by atoms with Crippen LogP contribution in [0.15, 0.2) is 0 Å². The third-order valence-electron chi connectivity index (χ3n) is 3.54. The number of hydrogen-bond donors (Lipinski definition) is 1. The van der Waals surface area contributed by atoms with Crippen LogP contribution in [0.1, 0.15) is 45.4 Å². The van der Waals surface area contributed by atoms with Gasteiger partial charge in [-0.2, -0.15) is 0 Å². The number of rotatable bonds is 3. The zero-order valence-corrected chi connectivity index (χ0v) is 10.5. The summed E-state index contributed by atoms with van der Waals surface area (Å²) in [6, 6.07) is 0. The van der Waals surface area contributed by atoms with Crippen LogP contribution in [-0.2, 0) is 9.84 Å². The maximum atomic E-state index is 11.3. The summed E-state index contributed by atoms with van der Waals surface area (Å²) in [6.45, 7) is 1.62. The fourth-order valence-electron chi connectivity index (χ4n) is 2.29. The average Bonchev–Trinajstić information content (AvgIpc) is 2.42. The maximum absolute atomic E-state index is 11.3. The van der Waals surface area contributed by atoms with Crippen molar-refractivity contribution in [2.24, 2.45) is 5.92 Å². The molecule has 1 saturated carbocycles. The molecule has 1 rings (SSSR count). The van der Waals surface area contributed by atoms with Crippen LogP contribution < -0.4 is 0 Å². The third kappa shape index (κ3) is 3.76. The summed E-state index contributed by atoms with van der Waals surface area (Å²) in [5.74, 6) is 0.178. The minimum Gasteiger partial charge on any atom is -0.392 e. The van der Waals surface area contributed by atoms with Crippen LogP contribution in [-0.4, -0.2) is 31.1 Å². The lowest BCUT2D eigenvalue weighted by Gasteiger charge is -2.25. The predicted octanol–water partition coefficient (Wildman–Crippen LogP) is 1.75. The van der Waals surface area contributed by atoms with E-state index in [2.05, 4.69) is 0 Å². The van der Waals surface area contributed by atoms with Crippen LogP contribution in [0, 0.1) is 5.92 Å². The average molecular weight is 234 g/mol. The van der Waals surface area contributed by atoms with Crippen molar-refractivity contribution in [2.75, 3.05) is 6.26 Å². The fourth-order valence-corrected chi connectivity index (χ4v) is 3.02. The monoisotopic (exact) mass is 234 g/mol. The second-order valence-corrected chi connectivity index (χ2v) is 7.18. The van der Waals surface area contributed by atoms with E-state index in [4.69, 9.17) is 0 Å². The molecule has 4 heteroatoms. The fraction of sp³-hybridized carbons (Fsp3) is 1.00. The lowest BCUT2D eigenvalue weighted by atomic mass is 9.92. The Morgan fingerprint density at radius 1 is 1.13 bits per heavy atom. The Kier molecular flexibility index (Phi) is 4.59. The highest BCUT2D eigenvalue weighted by molar-refractivity contribution is 7.91. The van der Waals surface area contributed by atoms with Gasteiger partial charge >= 0.3 is 0 Å². The summed E-state index contributed by atoms with van der Waals surface area (Å²) in [4.78, 5) is 0. The van der Waals surface area contributed by atoms with Gasteiger partial charge in [0.2, 0.25) is 0 Å². The molecule has 1 aliphatic carbocycles. The van der Waals surface area contributed by atoms with E-state index in [1.807, 2.05) is 0 Å². The zero-order chi connectivity index (χ0) is 11.5. The number of sulfone groups is 1. The molecule has 3 nitrogen and oxygen atoms in total. The highest BCUT2D eigenvalue weighted by Crippen LogP contribution is 2.28. The van der Waals surface area contributed by atoms with Crippen LogP contribution in [0.2, 0.25) is 0 Å². The Bertz CT molecular complexity index is 276. The quantitative estimate of drug-likeness (QED) is 0.757. The summed E-state index contributed by atoms with van der Waals surface area (Å²) < 4.78 is 22.7. The van der Waals surface area contributed by atoms with Crippen molar-refractivity contribution in [1.29, 1.82) is 0 Å². The van der Waals surface area contributed by atoms with E-state index in [1.54, 1.807) is 6.92 Å². The molecule has 1 aliphatic rings. The Labute approximate surface area is 92.8 Å². The number of aliphatic hydroxyl groups is 1. The van der Waals surface area contributed by atoms with Gasteiger partial charge in [-0.15, -0.1) is 0 Å². The first-order chi connectivity index (χ1) is 6.93. The zero-order valence-electron chi connectivity index (χ0n) is 9.65. The number of aliphatic hydroxyl groups excluding tert-OH is 1. The first-order valence-corrected chi connectivity index (χ1v) is 7.75. The second kappa shape index (κ2) is 5.30. The number of hydrogen-bond acceptors (Lipinski definition) is 3. The molecular formula is C11H22O3S. The Morgan fingerprint density at radius 2 is 1.60 bits per heavy atom. The first-order valence-electron chi connectivity index (χ1n) is 5.80. The summed E-state index contributed by atoms with van der Waals surface area (Å²) in [5, 5.41) is 9.40. The molecule has 0 aromatic rings. The highest BCUT2D eigenvalue weighted by Gasteiger charge is 2.30. The summed E-state index contributed by atoms with van der Waals surface area (Å²) >= 11 is 0. The van der Waals surface area contributed by atoms with E-state index in [9.17, 15) is 13.5 Å². The van der Waals surface area contributed by atoms with E-state index in [1.165, 1.54) is 19.1 Å². The first kappa shape index (κ1) is 13.0. The van der Waals surface area contributed by atoms with Gasteiger partial charge in [-0.3, -0.25) is 0 Å². The van der Waals surface area contributed by atoms with Crippen LogP contribution >= 0.6 is 0 Å². The van der Waals surface area contributed by atoms with Crippen molar-refractivity contribution in [3.05, 3.63) is 0 Å². The van der Waals surface area contributed by atoms with E-state index in [0.717, 1.165) is 25.7 Å². The van der Waals surface area contributed by atoms with Crippen molar-refractivity contribution >= 4 is 9.84 Å². The van der Waals surface area contributed by atoms with Gasteiger partial charge < -0.3 is 5.11 Å². The molecule has 0 saturated heterocycles. The molecule has 1 N–H and O–H groups in total. The van der Waals surface area contributed by atoms with E-state index < -0.39 is 21.2 Å². The standard InChI is InChI=1S/C11H22O3S/c1-9(15(2,13)14)11(12)10-7-5-3-4-6-8-10/h9-12H,3-8H2,1-2H3. The van der Waals surface area contributed by atoms with Gasteiger partial charge in [0.15, 0.2) is 9.84 Å². The topological polar surface area (TPSA) is 54.4 Å². The van der Waals surface area contributed by atoms with Gasteiger partial charge in [-0.25, -0.2) is 8.42 Å². The van der Waals surface area contributed by atoms with Gasteiger partial charge in [-0.05, 0) is 25.7 Å². The molecule has 15 heavy (non-hydrogen) atoms. The van der Waals surface area contributed by atoms with Crippen LogP contribution in [0.4, 0.5) is 0 Å². The third-order valence-corrected chi connectivity index (χ3v) is 5.17. The lowest BCUT2D eigenvalue weighted by molar-refractivity contribution is 0.0975. The van der Waals surface area contributed by atoms with E-state index in [-0.39, 0.29) is 5.92 Å². The van der Waals surface area contributed by atoms with Crippen molar-refractivity contribution < 1.29 is 13.5 Å². The minimum absolute atomic E-state index is 0.178. The summed E-state index contributed by atoms with van der Waals surface area (Å²) in [6.07, 6.45) is 7.15. The van der Waals surface area contributed by atoms with Crippen molar-refractivity contribution in [3.63, 3.8) is 0 Å². The Balaban J connectivity index is 2.61. The molecule has 0 bridgehead atoms. The predicted molar refractivity (Wildman–Crippen MR) is 61.5 cm³/mol. The van der Waals surface area contributed by atoms with Crippen LogP contribution in [0.25, 0.3) is 0 Å². The highest BCUT2D eigenvalue weighted by atomic mass is 32.2. The molecule has 0 aromatic carbocycles. The maximum Gasteiger partial charge on any atom is 0.152 e. The molecule has 0 amide bonds. The Hall–Kier alpha value is -0.0900. The van der Waals surface area contributed by atoms with E-state index >= 15 is 0 Å². The van der Waals surface area contributed by atoms with Gasteiger partial charge in [-0.1, -0.05) is 25.7 Å². The van der Waals surface area contributed by atoms with Crippen molar-refractivity contribution in [3.8, 4) is 0 Å². The molecule has 0 aromatic heterocycles. The SMILES string of the molecule is CC(C(O)C1CCCCCC1)S(C)(=O)=O. The van der Waals surface area contributed by atoms with Gasteiger partial charge in [0, 0.05) is 6.26 Å². The smallest absolute Gasteiger partial charge is 0.152 e. The second-order valence-electron chi connectivity index (χ2n) is 4.78. The van der Waals surface area contributed by atoms with Gasteiger partial charge in [0.05, 0.1) is 11.4 Å². The molecule has 90 valence electrons. The minimum atomic E-state index is -3.11. The Morgan fingerprint density at radius 3 is 2.00 bits per heavy atom. The molecule has 2 atom stereocenters.